The van der Waals surface area contributed by atoms with Crippen molar-refractivity contribution in [3.05, 3.63) is 36.3 Å². The summed E-state index contributed by atoms with van der Waals surface area (Å²) in [6.07, 6.45) is 3.92. The van der Waals surface area contributed by atoms with Gasteiger partial charge in [-0.05, 0) is 12.1 Å². The van der Waals surface area contributed by atoms with Crippen molar-refractivity contribution in [2.75, 3.05) is 13.1 Å². The van der Waals surface area contributed by atoms with Gasteiger partial charge >= 0.3 is 0 Å². The predicted octanol–water partition coefficient (Wildman–Crippen LogP) is 0.990. The Bertz CT molecular complexity index is 622. The van der Waals surface area contributed by atoms with Crippen molar-refractivity contribution in [1.29, 1.82) is 0 Å². The molecule has 1 aliphatic rings. The van der Waals surface area contributed by atoms with E-state index in [1.165, 1.54) is 0 Å². The summed E-state index contributed by atoms with van der Waals surface area (Å²) in [5, 5.41) is 5.21. The van der Waals surface area contributed by atoms with Gasteiger partial charge in [0.1, 0.15) is 5.65 Å². The van der Waals surface area contributed by atoms with Gasteiger partial charge in [0, 0.05) is 31.8 Å². The Hall–Kier alpha value is -2.02. The minimum absolute atomic E-state index is 0.379. The number of amides is 1. The minimum Gasteiger partial charge on any atom is -0.354 e. The first-order chi connectivity index (χ1) is 10.0. The molecule has 0 spiro atoms. The quantitative estimate of drug-likeness (QED) is 0.884. The third-order valence-electron chi connectivity index (χ3n) is 3.52. The predicted molar refractivity (Wildman–Crippen MR) is 73.3 cm³/mol. The Morgan fingerprint density at radius 3 is 3.10 bits per heavy atom. The van der Waals surface area contributed by atoms with Crippen LogP contribution < -0.4 is 10.6 Å². The summed E-state index contributed by atoms with van der Waals surface area (Å²) in [4.78, 5) is 16.2. The van der Waals surface area contributed by atoms with Crippen LogP contribution in [0.2, 0.25) is 0 Å². The number of pyridine rings is 1. The zero-order valence-electron chi connectivity index (χ0n) is 11.4. The van der Waals surface area contributed by atoms with Gasteiger partial charge in [-0.2, -0.15) is 0 Å². The smallest absolute Gasteiger partial charge is 0.262 e. The first-order valence-corrected chi connectivity index (χ1v) is 6.85. The number of rotatable bonds is 4. The molecular weight excluding hydrogens is 278 g/mol. The average molecular weight is 294 g/mol. The van der Waals surface area contributed by atoms with E-state index in [0.29, 0.717) is 13.0 Å². The summed E-state index contributed by atoms with van der Waals surface area (Å²) in [5.41, 5.74) is 1.70. The summed E-state index contributed by atoms with van der Waals surface area (Å²) < 4.78 is 27.9. The van der Waals surface area contributed by atoms with E-state index in [0.717, 1.165) is 11.3 Å². The number of halogens is 2. The van der Waals surface area contributed by atoms with Gasteiger partial charge in [0.2, 0.25) is 5.91 Å². The maximum absolute atomic E-state index is 13.0. The van der Waals surface area contributed by atoms with Crippen LogP contribution in [0.4, 0.5) is 8.78 Å². The van der Waals surface area contributed by atoms with E-state index in [-0.39, 0.29) is 5.91 Å². The largest absolute Gasteiger partial charge is 0.354 e. The van der Waals surface area contributed by atoms with Crippen molar-refractivity contribution in [1.82, 2.24) is 20.0 Å². The first kappa shape index (κ1) is 13.9. The number of alkyl halides is 2. The third-order valence-corrected chi connectivity index (χ3v) is 3.52. The molecule has 3 heterocycles. The highest BCUT2D eigenvalue weighted by Gasteiger charge is 2.42. The van der Waals surface area contributed by atoms with Crippen LogP contribution in [0.3, 0.4) is 0 Å². The Morgan fingerprint density at radius 2 is 2.38 bits per heavy atom. The summed E-state index contributed by atoms with van der Waals surface area (Å²) >= 11 is 0. The van der Waals surface area contributed by atoms with E-state index in [1.807, 2.05) is 35.0 Å². The van der Waals surface area contributed by atoms with Crippen molar-refractivity contribution < 1.29 is 13.6 Å². The number of nitrogens with one attached hydrogen (secondary N) is 2. The Morgan fingerprint density at radius 1 is 1.52 bits per heavy atom. The molecule has 21 heavy (non-hydrogen) atoms. The van der Waals surface area contributed by atoms with Crippen LogP contribution in [0, 0.1) is 0 Å². The molecule has 3 rings (SSSR count). The minimum atomic E-state index is -2.79. The molecule has 112 valence electrons. The maximum atomic E-state index is 13.0. The van der Waals surface area contributed by atoms with E-state index in [1.54, 1.807) is 0 Å². The van der Waals surface area contributed by atoms with Crippen molar-refractivity contribution in [3.8, 4) is 0 Å². The number of hydrogen-bond donors (Lipinski definition) is 2. The lowest BCUT2D eigenvalue weighted by Crippen LogP contribution is -2.41. The molecule has 7 heteroatoms. The number of aromatic nitrogens is 2. The van der Waals surface area contributed by atoms with Crippen LogP contribution in [0.25, 0.3) is 5.65 Å². The molecule has 2 aromatic heterocycles. The van der Waals surface area contributed by atoms with Gasteiger partial charge in [0.05, 0.1) is 18.3 Å². The number of hydrogen-bond acceptors (Lipinski definition) is 3. The summed E-state index contributed by atoms with van der Waals surface area (Å²) in [6.45, 7) is -0.0516. The van der Waals surface area contributed by atoms with Crippen LogP contribution in [0.5, 0.6) is 0 Å². The van der Waals surface area contributed by atoms with Crippen LogP contribution in [0.15, 0.2) is 30.6 Å². The molecule has 0 aromatic carbocycles. The van der Waals surface area contributed by atoms with Crippen molar-refractivity contribution in [3.63, 3.8) is 0 Å². The molecule has 1 amide bonds. The fraction of sp³-hybridized carbons (Fsp3) is 0.429. The van der Waals surface area contributed by atoms with E-state index in [4.69, 9.17) is 0 Å². The van der Waals surface area contributed by atoms with Gasteiger partial charge < -0.3 is 9.72 Å². The molecular formula is C14H16F2N4O. The van der Waals surface area contributed by atoms with E-state index in [2.05, 4.69) is 15.6 Å². The Labute approximate surface area is 120 Å². The SMILES string of the molecule is O=C(NCCc1cn2ccccc2n1)C1CC(F)(F)CN1. The Balaban J connectivity index is 1.51. The van der Waals surface area contributed by atoms with Gasteiger partial charge in [-0.25, -0.2) is 13.8 Å². The molecule has 0 aliphatic carbocycles. The second kappa shape index (κ2) is 5.40. The van der Waals surface area contributed by atoms with Gasteiger partial charge in [0.25, 0.3) is 5.92 Å². The fourth-order valence-corrected chi connectivity index (χ4v) is 2.45. The molecule has 2 aromatic rings. The van der Waals surface area contributed by atoms with Gasteiger partial charge in [0.15, 0.2) is 0 Å². The van der Waals surface area contributed by atoms with Gasteiger partial charge in [-0.1, -0.05) is 6.07 Å². The molecule has 2 N–H and O–H groups in total. The topological polar surface area (TPSA) is 58.4 Å². The first-order valence-electron chi connectivity index (χ1n) is 6.85. The number of fused-ring (bicyclic) bond motifs is 1. The van der Waals surface area contributed by atoms with Crippen molar-refractivity contribution >= 4 is 11.6 Å². The second-order valence-corrected chi connectivity index (χ2v) is 5.23. The van der Waals surface area contributed by atoms with Crippen LogP contribution in [-0.2, 0) is 11.2 Å². The second-order valence-electron chi connectivity index (χ2n) is 5.23. The summed E-state index contributed by atoms with van der Waals surface area (Å²) in [7, 11) is 0. The normalized spacial score (nSPS) is 20.8. The number of carbonyl (C=O) groups is 1. The third kappa shape index (κ3) is 3.18. The highest BCUT2D eigenvalue weighted by molar-refractivity contribution is 5.82. The van der Waals surface area contributed by atoms with Crippen LogP contribution >= 0.6 is 0 Å². The van der Waals surface area contributed by atoms with Crippen molar-refractivity contribution in [2.24, 2.45) is 0 Å². The number of nitrogens with zero attached hydrogens (tertiary/aromatic N) is 2. The molecule has 1 aliphatic heterocycles. The van der Waals surface area contributed by atoms with Crippen LogP contribution in [0.1, 0.15) is 12.1 Å². The lowest BCUT2D eigenvalue weighted by atomic mass is 10.2. The summed E-state index contributed by atoms with van der Waals surface area (Å²) in [6, 6.07) is 4.90. The Kier molecular flexibility index (Phi) is 3.59. The molecule has 5 nitrogen and oxygen atoms in total. The molecule has 1 unspecified atom stereocenters. The molecule has 1 fully saturated rings. The highest BCUT2D eigenvalue weighted by atomic mass is 19.3. The zero-order valence-corrected chi connectivity index (χ0v) is 11.4. The lowest BCUT2D eigenvalue weighted by Gasteiger charge is -2.10. The van der Waals surface area contributed by atoms with Gasteiger partial charge in [-0.3, -0.25) is 10.1 Å². The molecule has 1 saturated heterocycles. The van der Waals surface area contributed by atoms with Crippen LogP contribution in [-0.4, -0.2) is 40.3 Å². The number of carbonyl (C=O) groups excluding carboxylic acids is 1. The molecule has 1 atom stereocenters. The van der Waals surface area contributed by atoms with E-state index < -0.39 is 24.9 Å². The fourth-order valence-electron chi connectivity index (χ4n) is 2.45. The standard InChI is InChI=1S/C14H16F2N4O/c15-14(16)7-11(18-9-14)13(21)17-5-4-10-8-20-6-2-1-3-12(20)19-10/h1-3,6,8,11,18H,4-5,7,9H2,(H,17,21). The van der Waals surface area contributed by atoms with E-state index >= 15 is 0 Å². The molecule has 0 saturated carbocycles. The average Bonchev–Trinajstić information content (AvgIpc) is 3.01. The van der Waals surface area contributed by atoms with E-state index in [9.17, 15) is 13.6 Å². The van der Waals surface area contributed by atoms with Gasteiger partial charge in [-0.15, -0.1) is 0 Å². The lowest BCUT2D eigenvalue weighted by molar-refractivity contribution is -0.123. The van der Waals surface area contributed by atoms with Crippen molar-refractivity contribution in [2.45, 2.75) is 24.8 Å². The zero-order chi connectivity index (χ0) is 14.9. The number of imidazole rings is 1. The highest BCUT2D eigenvalue weighted by Crippen LogP contribution is 2.24. The summed E-state index contributed by atoms with van der Waals surface area (Å²) in [5.74, 6) is -3.17. The molecule has 0 bridgehead atoms. The monoisotopic (exact) mass is 294 g/mol. The maximum Gasteiger partial charge on any atom is 0.262 e. The molecule has 0 radical (unpaired) electrons.